The summed E-state index contributed by atoms with van der Waals surface area (Å²) < 4.78 is 0.628. The smallest absolute Gasteiger partial charge is 0.336 e. The summed E-state index contributed by atoms with van der Waals surface area (Å²) in [6.07, 6.45) is 0. The zero-order chi connectivity index (χ0) is 12.9. The lowest BCUT2D eigenvalue weighted by Crippen LogP contribution is -2.02. The first kappa shape index (κ1) is 11.2. The predicted octanol–water partition coefficient (Wildman–Crippen LogP) is 3.36. The monoisotopic (exact) mass is 302 g/mol. The predicted molar refractivity (Wildman–Crippen MR) is 70.0 cm³/mol. The lowest BCUT2D eigenvalue weighted by molar-refractivity contribution is 0.0697. The molecule has 1 aliphatic carbocycles. The number of hydrogen-bond acceptors (Lipinski definition) is 2. The van der Waals surface area contributed by atoms with E-state index in [0.29, 0.717) is 26.7 Å². The SMILES string of the molecule is O=C(O)c1ccc(Br)c2c1-c1ccccc1C2=O. The quantitative estimate of drug-likeness (QED) is 0.750. The number of aromatic carboxylic acids is 1. The molecule has 18 heavy (non-hydrogen) atoms. The lowest BCUT2D eigenvalue weighted by atomic mass is 10.00. The van der Waals surface area contributed by atoms with Crippen molar-refractivity contribution in [1.29, 1.82) is 0 Å². The Hall–Kier alpha value is -1.94. The van der Waals surface area contributed by atoms with Crippen LogP contribution in [0.15, 0.2) is 40.9 Å². The molecule has 3 rings (SSSR count). The first-order valence-electron chi connectivity index (χ1n) is 5.31. The standard InChI is InChI=1S/C14H7BrO3/c15-10-6-5-9(14(17)18)11-7-3-1-2-4-8(7)13(16)12(10)11/h1-6H,(H,17,18). The lowest BCUT2D eigenvalue weighted by Gasteiger charge is -2.06. The zero-order valence-corrected chi connectivity index (χ0v) is 10.7. The molecule has 0 spiro atoms. The number of carbonyl (C=O) groups excluding carboxylic acids is 1. The summed E-state index contributed by atoms with van der Waals surface area (Å²) in [4.78, 5) is 23.5. The molecular formula is C14H7BrO3. The highest BCUT2D eigenvalue weighted by molar-refractivity contribution is 9.10. The van der Waals surface area contributed by atoms with Crippen LogP contribution in [0.4, 0.5) is 0 Å². The topological polar surface area (TPSA) is 54.4 Å². The van der Waals surface area contributed by atoms with Crippen LogP contribution in [0.1, 0.15) is 26.3 Å². The van der Waals surface area contributed by atoms with Crippen LogP contribution >= 0.6 is 15.9 Å². The molecule has 0 aliphatic heterocycles. The molecule has 1 aliphatic rings. The number of rotatable bonds is 1. The summed E-state index contributed by atoms with van der Waals surface area (Å²) in [6, 6.07) is 10.2. The van der Waals surface area contributed by atoms with Gasteiger partial charge >= 0.3 is 5.97 Å². The fraction of sp³-hybridized carbons (Fsp3) is 0. The van der Waals surface area contributed by atoms with E-state index in [0.717, 1.165) is 0 Å². The molecule has 0 fully saturated rings. The van der Waals surface area contributed by atoms with Gasteiger partial charge in [0.1, 0.15) is 0 Å². The Labute approximate surface area is 111 Å². The summed E-state index contributed by atoms with van der Waals surface area (Å²) in [5.41, 5.74) is 2.36. The number of carbonyl (C=O) groups is 2. The molecule has 0 saturated carbocycles. The fourth-order valence-electron chi connectivity index (χ4n) is 2.29. The summed E-state index contributed by atoms with van der Waals surface area (Å²) in [6.45, 7) is 0. The average molecular weight is 303 g/mol. The van der Waals surface area contributed by atoms with Crippen molar-refractivity contribution in [2.24, 2.45) is 0 Å². The van der Waals surface area contributed by atoms with Crippen LogP contribution in [0.3, 0.4) is 0 Å². The second kappa shape index (κ2) is 3.78. The molecule has 88 valence electrons. The number of benzene rings is 2. The number of halogens is 1. The van der Waals surface area contributed by atoms with Crippen LogP contribution in [0.25, 0.3) is 11.1 Å². The third-order valence-electron chi connectivity index (χ3n) is 3.05. The van der Waals surface area contributed by atoms with E-state index in [1.54, 1.807) is 30.3 Å². The van der Waals surface area contributed by atoms with Gasteiger partial charge in [0.2, 0.25) is 0 Å². The van der Waals surface area contributed by atoms with E-state index in [4.69, 9.17) is 0 Å². The van der Waals surface area contributed by atoms with E-state index >= 15 is 0 Å². The number of ketones is 1. The van der Waals surface area contributed by atoms with Gasteiger partial charge in [-0.05, 0) is 17.7 Å². The van der Waals surface area contributed by atoms with Gasteiger partial charge in [-0.1, -0.05) is 40.2 Å². The molecule has 3 nitrogen and oxygen atoms in total. The van der Waals surface area contributed by atoms with Crippen molar-refractivity contribution in [3.8, 4) is 11.1 Å². The van der Waals surface area contributed by atoms with Gasteiger partial charge in [0.05, 0.1) is 5.56 Å². The minimum Gasteiger partial charge on any atom is -0.478 e. The third kappa shape index (κ3) is 1.36. The molecule has 0 unspecified atom stereocenters. The van der Waals surface area contributed by atoms with Crippen LogP contribution in [0, 0.1) is 0 Å². The Morgan fingerprint density at radius 3 is 2.33 bits per heavy atom. The number of carboxylic acids is 1. The van der Waals surface area contributed by atoms with Gasteiger partial charge in [0, 0.05) is 21.2 Å². The first-order chi connectivity index (χ1) is 8.61. The second-order valence-corrected chi connectivity index (χ2v) is 4.88. The molecular weight excluding hydrogens is 296 g/mol. The number of carboxylic acid groups (broad SMARTS) is 1. The van der Waals surface area contributed by atoms with Gasteiger partial charge < -0.3 is 5.11 Å². The van der Waals surface area contributed by atoms with Crippen molar-refractivity contribution >= 4 is 27.7 Å². The van der Waals surface area contributed by atoms with Crippen molar-refractivity contribution in [3.63, 3.8) is 0 Å². The van der Waals surface area contributed by atoms with Crippen molar-refractivity contribution < 1.29 is 14.7 Å². The minimum absolute atomic E-state index is 0.129. The molecule has 0 saturated heterocycles. The highest BCUT2D eigenvalue weighted by atomic mass is 79.9. The van der Waals surface area contributed by atoms with Gasteiger partial charge in [-0.25, -0.2) is 4.79 Å². The van der Waals surface area contributed by atoms with Gasteiger partial charge in [-0.15, -0.1) is 0 Å². The largest absolute Gasteiger partial charge is 0.478 e. The molecule has 0 bridgehead atoms. The Kier molecular flexibility index (Phi) is 2.35. The molecule has 2 aromatic rings. The van der Waals surface area contributed by atoms with E-state index in [9.17, 15) is 14.7 Å². The van der Waals surface area contributed by atoms with Gasteiger partial charge in [-0.2, -0.15) is 0 Å². The number of fused-ring (bicyclic) bond motifs is 3. The van der Waals surface area contributed by atoms with Gasteiger partial charge in [0.15, 0.2) is 5.78 Å². The minimum atomic E-state index is -1.02. The average Bonchev–Trinajstić information content (AvgIpc) is 2.65. The Balaban J connectivity index is 2.46. The molecule has 1 N–H and O–H groups in total. The second-order valence-electron chi connectivity index (χ2n) is 4.02. The maximum atomic E-state index is 12.3. The van der Waals surface area contributed by atoms with Crippen LogP contribution in [-0.2, 0) is 0 Å². The van der Waals surface area contributed by atoms with Crippen molar-refractivity contribution in [2.45, 2.75) is 0 Å². The molecule has 2 aromatic carbocycles. The molecule has 0 atom stereocenters. The Morgan fingerprint density at radius 2 is 1.67 bits per heavy atom. The van der Waals surface area contributed by atoms with E-state index in [2.05, 4.69) is 15.9 Å². The van der Waals surface area contributed by atoms with Crippen molar-refractivity contribution in [2.75, 3.05) is 0 Å². The van der Waals surface area contributed by atoms with Crippen LogP contribution in [-0.4, -0.2) is 16.9 Å². The summed E-state index contributed by atoms with van der Waals surface area (Å²) >= 11 is 3.32. The normalized spacial score (nSPS) is 12.2. The fourth-order valence-corrected chi connectivity index (χ4v) is 2.80. The number of hydrogen-bond donors (Lipinski definition) is 1. The molecule has 0 heterocycles. The van der Waals surface area contributed by atoms with Gasteiger partial charge in [-0.3, -0.25) is 4.79 Å². The third-order valence-corrected chi connectivity index (χ3v) is 3.71. The first-order valence-corrected chi connectivity index (χ1v) is 6.10. The van der Waals surface area contributed by atoms with Crippen molar-refractivity contribution in [1.82, 2.24) is 0 Å². The summed E-state index contributed by atoms with van der Waals surface area (Å²) in [5.74, 6) is -1.15. The van der Waals surface area contributed by atoms with Crippen LogP contribution < -0.4 is 0 Å². The van der Waals surface area contributed by atoms with E-state index < -0.39 is 5.97 Å². The Bertz CT molecular complexity index is 704. The summed E-state index contributed by atoms with van der Waals surface area (Å²) in [5, 5.41) is 9.23. The highest BCUT2D eigenvalue weighted by Gasteiger charge is 2.32. The van der Waals surface area contributed by atoms with E-state index in [-0.39, 0.29) is 11.3 Å². The Morgan fingerprint density at radius 1 is 1.00 bits per heavy atom. The van der Waals surface area contributed by atoms with Crippen LogP contribution in [0.5, 0.6) is 0 Å². The molecule has 0 aromatic heterocycles. The van der Waals surface area contributed by atoms with Crippen LogP contribution in [0.2, 0.25) is 0 Å². The summed E-state index contributed by atoms with van der Waals surface area (Å²) in [7, 11) is 0. The van der Waals surface area contributed by atoms with Crippen molar-refractivity contribution in [3.05, 3.63) is 57.6 Å². The maximum absolute atomic E-state index is 12.3. The highest BCUT2D eigenvalue weighted by Crippen LogP contribution is 2.42. The molecule has 0 radical (unpaired) electrons. The van der Waals surface area contributed by atoms with Gasteiger partial charge in [0.25, 0.3) is 0 Å². The molecule has 0 amide bonds. The maximum Gasteiger partial charge on any atom is 0.336 e. The van der Waals surface area contributed by atoms with E-state index in [1.165, 1.54) is 6.07 Å². The zero-order valence-electron chi connectivity index (χ0n) is 9.11. The van der Waals surface area contributed by atoms with E-state index in [1.807, 2.05) is 0 Å². The molecule has 4 heteroatoms.